The van der Waals surface area contributed by atoms with Crippen LogP contribution in [-0.4, -0.2) is 17.0 Å². The Morgan fingerprint density at radius 3 is 2.20 bits per heavy atom. The Balaban J connectivity index is 1.70. The van der Waals surface area contributed by atoms with E-state index in [2.05, 4.69) is 34.7 Å². The third-order valence-corrected chi connectivity index (χ3v) is 3.64. The minimum Gasteiger partial charge on any atom is -0.288 e. The van der Waals surface area contributed by atoms with Gasteiger partial charge in [-0.1, -0.05) is 60.7 Å². The molecule has 0 spiro atoms. The van der Waals surface area contributed by atoms with Gasteiger partial charge in [0.05, 0.1) is 0 Å². The molecule has 3 nitrogen and oxygen atoms in total. The maximum absolute atomic E-state index is 11.7. The third-order valence-electron chi connectivity index (χ3n) is 3.64. The number of hydrogen-bond donors (Lipinski definition) is 1. The van der Waals surface area contributed by atoms with Gasteiger partial charge in [0, 0.05) is 19.0 Å². The summed E-state index contributed by atoms with van der Waals surface area (Å²) in [5.41, 5.74) is 5.45. The molecule has 1 aliphatic heterocycles. The molecule has 0 bridgehead atoms. The summed E-state index contributed by atoms with van der Waals surface area (Å²) in [4.78, 5) is 11.7. The van der Waals surface area contributed by atoms with E-state index < -0.39 is 0 Å². The van der Waals surface area contributed by atoms with Crippen LogP contribution in [0.3, 0.4) is 0 Å². The molecule has 0 aliphatic carbocycles. The van der Waals surface area contributed by atoms with E-state index >= 15 is 0 Å². The fraction of sp³-hybridized carbons (Fsp3) is 0.235. The lowest BCUT2D eigenvalue weighted by Gasteiger charge is -2.23. The zero-order valence-corrected chi connectivity index (χ0v) is 11.3. The van der Waals surface area contributed by atoms with E-state index in [-0.39, 0.29) is 11.9 Å². The average Bonchev–Trinajstić information content (AvgIpc) is 2.81. The van der Waals surface area contributed by atoms with Gasteiger partial charge in [-0.3, -0.25) is 10.2 Å². The van der Waals surface area contributed by atoms with Gasteiger partial charge in [0.1, 0.15) is 0 Å². The van der Waals surface area contributed by atoms with Crippen molar-refractivity contribution < 1.29 is 4.79 Å². The van der Waals surface area contributed by atoms with Crippen molar-refractivity contribution in [3.8, 4) is 0 Å². The predicted molar refractivity (Wildman–Crippen MR) is 78.7 cm³/mol. The van der Waals surface area contributed by atoms with Crippen LogP contribution in [0.25, 0.3) is 0 Å². The number of nitrogens with one attached hydrogen (secondary N) is 1. The van der Waals surface area contributed by atoms with Gasteiger partial charge in [-0.2, -0.15) is 0 Å². The van der Waals surface area contributed by atoms with E-state index in [4.69, 9.17) is 0 Å². The Hall–Kier alpha value is -2.13. The molecule has 1 aliphatic rings. The standard InChI is InChI=1S/C17H18N2O/c20-17-12-16(11-14-7-3-1-4-8-14)19(18-17)13-15-9-5-2-6-10-15/h1-10,16H,11-13H2,(H,18,20)/t16-/m0/s1. The molecule has 3 heteroatoms. The van der Waals surface area contributed by atoms with Gasteiger partial charge in [0.2, 0.25) is 5.91 Å². The second-order valence-corrected chi connectivity index (χ2v) is 5.20. The van der Waals surface area contributed by atoms with Gasteiger partial charge >= 0.3 is 0 Å². The van der Waals surface area contributed by atoms with Crippen molar-refractivity contribution in [3.63, 3.8) is 0 Å². The molecule has 1 saturated heterocycles. The number of benzene rings is 2. The van der Waals surface area contributed by atoms with Gasteiger partial charge < -0.3 is 0 Å². The lowest BCUT2D eigenvalue weighted by atomic mass is 10.0. The third kappa shape index (κ3) is 3.06. The van der Waals surface area contributed by atoms with Crippen molar-refractivity contribution in [1.82, 2.24) is 10.4 Å². The fourth-order valence-corrected chi connectivity index (χ4v) is 2.64. The minimum absolute atomic E-state index is 0.113. The lowest BCUT2D eigenvalue weighted by Crippen LogP contribution is -2.38. The highest BCUT2D eigenvalue weighted by Gasteiger charge is 2.29. The lowest BCUT2D eigenvalue weighted by molar-refractivity contribution is -0.121. The highest BCUT2D eigenvalue weighted by molar-refractivity contribution is 5.78. The quantitative estimate of drug-likeness (QED) is 0.922. The smallest absolute Gasteiger partial charge is 0.235 e. The van der Waals surface area contributed by atoms with Crippen molar-refractivity contribution >= 4 is 5.91 Å². The van der Waals surface area contributed by atoms with Crippen LogP contribution in [0.15, 0.2) is 60.7 Å². The summed E-state index contributed by atoms with van der Waals surface area (Å²) in [7, 11) is 0. The zero-order valence-electron chi connectivity index (χ0n) is 11.3. The van der Waals surface area contributed by atoms with Crippen molar-refractivity contribution in [3.05, 3.63) is 71.8 Å². The molecule has 1 atom stereocenters. The number of hydrogen-bond acceptors (Lipinski definition) is 2. The maximum Gasteiger partial charge on any atom is 0.235 e. The predicted octanol–water partition coefficient (Wildman–Crippen LogP) is 2.53. The second kappa shape index (κ2) is 5.88. The van der Waals surface area contributed by atoms with Crippen LogP contribution in [0, 0.1) is 0 Å². The van der Waals surface area contributed by atoms with Gasteiger partial charge in [-0.15, -0.1) is 0 Å². The summed E-state index contributed by atoms with van der Waals surface area (Å²) in [6.45, 7) is 0.754. The monoisotopic (exact) mass is 266 g/mol. The van der Waals surface area contributed by atoms with Gasteiger partial charge in [0.15, 0.2) is 0 Å². The number of nitrogens with zero attached hydrogens (tertiary/aromatic N) is 1. The maximum atomic E-state index is 11.7. The van der Waals surface area contributed by atoms with Crippen molar-refractivity contribution in [2.45, 2.75) is 25.4 Å². The number of carbonyl (C=O) groups excluding carboxylic acids is 1. The molecule has 0 radical (unpaired) electrons. The normalized spacial score (nSPS) is 19.0. The summed E-state index contributed by atoms with van der Waals surface area (Å²) in [6.07, 6.45) is 1.47. The van der Waals surface area contributed by atoms with E-state index in [1.165, 1.54) is 11.1 Å². The van der Waals surface area contributed by atoms with Crippen LogP contribution in [-0.2, 0) is 17.8 Å². The fourth-order valence-electron chi connectivity index (χ4n) is 2.64. The van der Waals surface area contributed by atoms with Gasteiger partial charge in [-0.05, 0) is 17.5 Å². The summed E-state index contributed by atoms with van der Waals surface area (Å²) >= 11 is 0. The molecule has 2 aromatic rings. The highest BCUT2D eigenvalue weighted by Crippen LogP contribution is 2.18. The Kier molecular flexibility index (Phi) is 3.79. The number of hydrazine groups is 1. The van der Waals surface area contributed by atoms with Crippen LogP contribution in [0.5, 0.6) is 0 Å². The van der Waals surface area contributed by atoms with E-state index in [1.807, 2.05) is 36.4 Å². The van der Waals surface area contributed by atoms with Crippen LogP contribution in [0.2, 0.25) is 0 Å². The minimum atomic E-state index is 0.113. The first kappa shape index (κ1) is 12.9. The molecule has 0 unspecified atom stereocenters. The van der Waals surface area contributed by atoms with Crippen LogP contribution in [0.1, 0.15) is 17.5 Å². The number of rotatable bonds is 4. The van der Waals surface area contributed by atoms with Crippen molar-refractivity contribution in [2.75, 3.05) is 0 Å². The van der Waals surface area contributed by atoms with Gasteiger partial charge in [0.25, 0.3) is 0 Å². The Morgan fingerprint density at radius 1 is 0.950 bits per heavy atom. The molecule has 1 amide bonds. The molecule has 20 heavy (non-hydrogen) atoms. The van der Waals surface area contributed by atoms with E-state index in [0.717, 1.165) is 13.0 Å². The second-order valence-electron chi connectivity index (χ2n) is 5.20. The molecule has 1 heterocycles. The van der Waals surface area contributed by atoms with Gasteiger partial charge in [-0.25, -0.2) is 5.01 Å². The number of carbonyl (C=O) groups is 1. The van der Waals surface area contributed by atoms with Crippen molar-refractivity contribution in [1.29, 1.82) is 0 Å². The van der Waals surface area contributed by atoms with Crippen LogP contribution in [0.4, 0.5) is 0 Å². The van der Waals surface area contributed by atoms with E-state index in [1.54, 1.807) is 0 Å². The average molecular weight is 266 g/mol. The summed E-state index contributed by atoms with van der Waals surface area (Å²) in [6, 6.07) is 20.8. The number of amides is 1. The first-order valence-corrected chi connectivity index (χ1v) is 6.95. The van der Waals surface area contributed by atoms with Crippen molar-refractivity contribution in [2.24, 2.45) is 0 Å². The molecular weight excluding hydrogens is 248 g/mol. The van der Waals surface area contributed by atoms with Crippen LogP contribution >= 0.6 is 0 Å². The SMILES string of the molecule is O=C1C[C@H](Cc2ccccc2)N(Cc2ccccc2)N1. The summed E-state index contributed by atoms with van der Waals surface area (Å²) in [5.74, 6) is 0.113. The molecule has 1 N–H and O–H groups in total. The Morgan fingerprint density at radius 2 is 1.55 bits per heavy atom. The Bertz CT molecular complexity index is 517. The zero-order chi connectivity index (χ0) is 13.8. The molecule has 102 valence electrons. The largest absolute Gasteiger partial charge is 0.288 e. The first-order chi connectivity index (χ1) is 9.81. The molecule has 0 aromatic heterocycles. The topological polar surface area (TPSA) is 32.3 Å². The molecule has 2 aromatic carbocycles. The van der Waals surface area contributed by atoms with Crippen LogP contribution < -0.4 is 5.43 Å². The van der Waals surface area contributed by atoms with E-state index in [9.17, 15) is 4.79 Å². The Labute approximate surface area is 119 Å². The molecule has 0 saturated carbocycles. The molecule has 3 rings (SSSR count). The summed E-state index contributed by atoms with van der Waals surface area (Å²) < 4.78 is 0. The first-order valence-electron chi connectivity index (χ1n) is 6.95. The summed E-state index contributed by atoms with van der Waals surface area (Å²) in [5, 5.41) is 2.06. The van der Waals surface area contributed by atoms with E-state index in [0.29, 0.717) is 6.42 Å². The molecular formula is C17H18N2O. The molecule has 1 fully saturated rings. The highest BCUT2D eigenvalue weighted by atomic mass is 16.2.